The van der Waals surface area contributed by atoms with E-state index < -0.39 is 17.6 Å². The van der Waals surface area contributed by atoms with Crippen molar-refractivity contribution in [3.05, 3.63) is 45.5 Å². The van der Waals surface area contributed by atoms with Gasteiger partial charge in [-0.05, 0) is 38.5 Å². The number of carbonyl (C=O) groups is 1. The van der Waals surface area contributed by atoms with Crippen molar-refractivity contribution in [2.75, 3.05) is 6.61 Å². The second-order valence-electron chi connectivity index (χ2n) is 5.49. The first kappa shape index (κ1) is 17.1. The fourth-order valence-corrected chi connectivity index (χ4v) is 2.54. The van der Waals surface area contributed by atoms with Crippen molar-refractivity contribution in [1.29, 1.82) is 0 Å². The molecular formula is C16H16ClN5O3. The zero-order chi connectivity index (χ0) is 18.1. The number of aromatic nitrogens is 5. The Morgan fingerprint density at radius 1 is 1.40 bits per heavy atom. The zero-order valence-electron chi connectivity index (χ0n) is 13.9. The Bertz CT molecular complexity index is 1010. The van der Waals surface area contributed by atoms with Crippen LogP contribution in [0.3, 0.4) is 0 Å². The van der Waals surface area contributed by atoms with Crippen molar-refractivity contribution < 1.29 is 9.53 Å². The van der Waals surface area contributed by atoms with Crippen LogP contribution in [-0.4, -0.2) is 37.1 Å². The highest BCUT2D eigenvalue weighted by atomic mass is 35.5. The maximum Gasteiger partial charge on any atom is 0.328 e. The largest absolute Gasteiger partial charge is 0.464 e. The highest BCUT2D eigenvalue weighted by molar-refractivity contribution is 6.31. The van der Waals surface area contributed by atoms with Gasteiger partial charge in [0.15, 0.2) is 11.2 Å². The van der Waals surface area contributed by atoms with Crippen molar-refractivity contribution in [1.82, 2.24) is 24.5 Å². The first-order chi connectivity index (χ1) is 11.9. The smallest absolute Gasteiger partial charge is 0.328 e. The molecule has 3 aromatic rings. The van der Waals surface area contributed by atoms with Crippen LogP contribution < -0.4 is 5.56 Å². The van der Waals surface area contributed by atoms with E-state index in [1.807, 2.05) is 19.1 Å². The van der Waals surface area contributed by atoms with Crippen LogP contribution in [0.5, 0.6) is 0 Å². The number of aryl methyl sites for hydroxylation is 1. The van der Waals surface area contributed by atoms with Crippen LogP contribution in [0.4, 0.5) is 0 Å². The van der Waals surface area contributed by atoms with E-state index in [1.165, 1.54) is 15.6 Å². The monoisotopic (exact) mass is 361 g/mol. The summed E-state index contributed by atoms with van der Waals surface area (Å²) >= 11 is 6.15. The third-order valence-corrected chi connectivity index (χ3v) is 4.24. The lowest BCUT2D eigenvalue weighted by Crippen LogP contribution is -2.29. The summed E-state index contributed by atoms with van der Waals surface area (Å²) in [6.07, 6.45) is 1.29. The van der Waals surface area contributed by atoms with Gasteiger partial charge < -0.3 is 4.74 Å². The Morgan fingerprint density at radius 2 is 2.16 bits per heavy atom. The molecule has 130 valence electrons. The van der Waals surface area contributed by atoms with Gasteiger partial charge in [0, 0.05) is 5.02 Å². The van der Waals surface area contributed by atoms with Gasteiger partial charge in [0.25, 0.3) is 5.56 Å². The van der Waals surface area contributed by atoms with Gasteiger partial charge >= 0.3 is 5.97 Å². The topological polar surface area (TPSA) is 91.9 Å². The summed E-state index contributed by atoms with van der Waals surface area (Å²) in [4.78, 5) is 28.7. The van der Waals surface area contributed by atoms with Crippen LogP contribution in [0.25, 0.3) is 16.9 Å². The quantitative estimate of drug-likeness (QED) is 0.660. The molecule has 0 saturated carbocycles. The number of esters is 1. The molecule has 0 saturated heterocycles. The molecule has 0 bridgehead atoms. The summed E-state index contributed by atoms with van der Waals surface area (Å²) in [7, 11) is 0. The highest BCUT2D eigenvalue weighted by Crippen LogP contribution is 2.20. The van der Waals surface area contributed by atoms with Crippen molar-refractivity contribution in [3.63, 3.8) is 0 Å². The number of carbonyl (C=O) groups excluding carboxylic acids is 1. The van der Waals surface area contributed by atoms with E-state index in [2.05, 4.69) is 15.3 Å². The van der Waals surface area contributed by atoms with Crippen LogP contribution in [0.15, 0.2) is 29.3 Å². The molecule has 8 nitrogen and oxygen atoms in total. The van der Waals surface area contributed by atoms with E-state index >= 15 is 0 Å². The van der Waals surface area contributed by atoms with Crippen LogP contribution in [-0.2, 0) is 9.53 Å². The summed E-state index contributed by atoms with van der Waals surface area (Å²) in [5.74, 6) is -0.511. The van der Waals surface area contributed by atoms with Gasteiger partial charge in [-0.2, -0.15) is 4.68 Å². The second-order valence-corrected chi connectivity index (χ2v) is 5.90. The molecule has 0 fully saturated rings. The third kappa shape index (κ3) is 3.00. The molecule has 0 N–H and O–H groups in total. The number of hydrogen-bond acceptors (Lipinski definition) is 6. The number of rotatable bonds is 4. The standard InChI is InChI=1S/C16H16ClN5O3/c1-4-25-16(24)10(3)21-8-18-14-13(15(21)23)19-20-22(14)11-6-5-9(2)12(17)7-11/h5-8,10H,4H2,1-3H3/t10-/m0/s1. The molecule has 0 radical (unpaired) electrons. The lowest BCUT2D eigenvalue weighted by atomic mass is 10.2. The molecule has 1 aromatic carbocycles. The minimum absolute atomic E-state index is 0.0651. The van der Waals surface area contributed by atoms with Gasteiger partial charge in [-0.15, -0.1) is 5.10 Å². The van der Waals surface area contributed by atoms with Crippen molar-refractivity contribution in [2.24, 2.45) is 0 Å². The molecule has 0 aliphatic heterocycles. The Labute approximate surface area is 148 Å². The van der Waals surface area contributed by atoms with Crippen molar-refractivity contribution in [2.45, 2.75) is 26.8 Å². The maximum atomic E-state index is 12.6. The number of fused-ring (bicyclic) bond motifs is 1. The molecule has 0 unspecified atom stereocenters. The number of halogens is 1. The Morgan fingerprint density at radius 3 is 2.84 bits per heavy atom. The van der Waals surface area contributed by atoms with E-state index in [9.17, 15) is 9.59 Å². The summed E-state index contributed by atoms with van der Waals surface area (Å²) in [6.45, 7) is 5.39. The first-order valence-electron chi connectivity index (χ1n) is 7.69. The molecule has 0 aliphatic carbocycles. The highest BCUT2D eigenvalue weighted by Gasteiger charge is 2.21. The van der Waals surface area contributed by atoms with Crippen LogP contribution >= 0.6 is 11.6 Å². The molecule has 25 heavy (non-hydrogen) atoms. The number of nitrogens with zero attached hydrogens (tertiary/aromatic N) is 5. The van der Waals surface area contributed by atoms with Gasteiger partial charge in [0.1, 0.15) is 12.4 Å². The number of benzene rings is 1. The second kappa shape index (κ2) is 6.64. The van der Waals surface area contributed by atoms with E-state index in [-0.39, 0.29) is 17.8 Å². The molecule has 3 rings (SSSR count). The van der Waals surface area contributed by atoms with E-state index in [0.717, 1.165) is 5.56 Å². The summed E-state index contributed by atoms with van der Waals surface area (Å²) in [5.41, 5.74) is 1.46. The van der Waals surface area contributed by atoms with E-state index in [1.54, 1.807) is 19.9 Å². The fourth-order valence-electron chi connectivity index (χ4n) is 2.36. The Kier molecular flexibility index (Phi) is 4.54. The van der Waals surface area contributed by atoms with Crippen molar-refractivity contribution in [3.8, 4) is 5.69 Å². The number of hydrogen-bond donors (Lipinski definition) is 0. The average molecular weight is 362 g/mol. The summed E-state index contributed by atoms with van der Waals surface area (Å²) in [6, 6.07) is 4.57. The first-order valence-corrected chi connectivity index (χ1v) is 8.07. The summed E-state index contributed by atoms with van der Waals surface area (Å²) in [5, 5.41) is 8.49. The maximum absolute atomic E-state index is 12.6. The Balaban J connectivity index is 2.09. The van der Waals surface area contributed by atoms with Crippen LogP contribution in [0.2, 0.25) is 5.02 Å². The third-order valence-electron chi connectivity index (χ3n) is 3.83. The van der Waals surface area contributed by atoms with Gasteiger partial charge in [-0.1, -0.05) is 22.9 Å². The van der Waals surface area contributed by atoms with Gasteiger partial charge in [0.2, 0.25) is 0 Å². The van der Waals surface area contributed by atoms with Crippen LogP contribution in [0, 0.1) is 6.92 Å². The molecule has 0 aliphatic rings. The minimum atomic E-state index is -0.802. The van der Waals surface area contributed by atoms with Gasteiger partial charge in [0.05, 0.1) is 12.3 Å². The summed E-state index contributed by atoms with van der Waals surface area (Å²) < 4.78 is 7.56. The fraction of sp³-hybridized carbons (Fsp3) is 0.312. The lowest BCUT2D eigenvalue weighted by Gasteiger charge is -2.12. The molecule has 2 aromatic heterocycles. The SMILES string of the molecule is CCOC(=O)[C@H](C)n1cnc2c(nnn2-c2ccc(C)c(Cl)c2)c1=O. The van der Waals surface area contributed by atoms with Gasteiger partial charge in [-0.3, -0.25) is 9.36 Å². The van der Waals surface area contributed by atoms with Crippen molar-refractivity contribution >= 4 is 28.7 Å². The molecule has 2 heterocycles. The molecule has 0 spiro atoms. The van der Waals surface area contributed by atoms with Crippen LogP contribution in [0.1, 0.15) is 25.5 Å². The molecule has 1 atom stereocenters. The predicted octanol–water partition coefficient (Wildman–Crippen LogP) is 2.06. The molecule has 9 heteroatoms. The Hall–Kier alpha value is -2.74. The predicted molar refractivity (Wildman–Crippen MR) is 92.0 cm³/mol. The average Bonchev–Trinajstić information content (AvgIpc) is 3.02. The number of ether oxygens (including phenoxy) is 1. The minimum Gasteiger partial charge on any atom is -0.464 e. The van der Waals surface area contributed by atoms with E-state index in [4.69, 9.17) is 16.3 Å². The molecular weight excluding hydrogens is 346 g/mol. The lowest BCUT2D eigenvalue weighted by molar-refractivity contribution is -0.146. The zero-order valence-corrected chi connectivity index (χ0v) is 14.7. The van der Waals surface area contributed by atoms with Gasteiger partial charge in [-0.25, -0.2) is 9.78 Å². The van der Waals surface area contributed by atoms with E-state index in [0.29, 0.717) is 10.7 Å². The molecule has 0 amide bonds. The normalized spacial score (nSPS) is 12.3.